The maximum absolute atomic E-state index is 14.0. The monoisotopic (exact) mass is 529 g/mol. The van der Waals surface area contributed by atoms with Gasteiger partial charge in [-0.3, -0.25) is 14.4 Å². The summed E-state index contributed by atoms with van der Waals surface area (Å²) in [5, 5.41) is 15.6. The molecule has 3 heterocycles. The Morgan fingerprint density at radius 1 is 1.08 bits per heavy atom. The molecule has 0 saturated carbocycles. The van der Waals surface area contributed by atoms with Crippen LogP contribution in [0.15, 0.2) is 30.3 Å². The summed E-state index contributed by atoms with van der Waals surface area (Å²) in [6.07, 6.45) is 4.57. The average molecular weight is 530 g/mol. The number of likely N-dealkylation sites (tertiary alicyclic amines) is 1. The number of nitrogens with zero attached hydrogens (tertiary/aromatic N) is 1. The van der Waals surface area contributed by atoms with Crippen LogP contribution in [0.4, 0.5) is 5.69 Å². The molecule has 1 aromatic carbocycles. The SMILES string of the molecule is CC(C)(C)CC(C)(C)NC(=O)C1N(CCCCCO)C(=O)[C@@H]2[C@H](C(=O)Nc3ccccc3)[C@@H]3CCC12S3. The number of rotatable bonds is 10. The number of fused-ring (bicyclic) bond motifs is 1. The maximum Gasteiger partial charge on any atom is 0.244 e. The predicted octanol–water partition coefficient (Wildman–Crippen LogP) is 4.21. The second-order valence-electron chi connectivity index (χ2n) is 12.8. The normalized spacial score (nSPS) is 28.9. The van der Waals surface area contributed by atoms with Crippen molar-refractivity contribution in [2.75, 3.05) is 18.5 Å². The highest BCUT2D eigenvalue weighted by Crippen LogP contribution is 2.66. The first kappa shape index (κ1) is 28.0. The number of thioether (sulfide) groups is 1. The van der Waals surface area contributed by atoms with Crippen LogP contribution in [0.3, 0.4) is 0 Å². The van der Waals surface area contributed by atoms with Gasteiger partial charge in [0.05, 0.1) is 16.6 Å². The number of carbonyl (C=O) groups excluding carboxylic acids is 3. The summed E-state index contributed by atoms with van der Waals surface area (Å²) in [5.74, 6) is -1.26. The fourth-order valence-electron chi connectivity index (χ4n) is 7.08. The van der Waals surface area contributed by atoms with Crippen LogP contribution in [-0.2, 0) is 14.4 Å². The lowest BCUT2D eigenvalue weighted by molar-refractivity contribution is -0.139. The Morgan fingerprint density at radius 3 is 2.43 bits per heavy atom. The summed E-state index contributed by atoms with van der Waals surface area (Å²) in [7, 11) is 0. The summed E-state index contributed by atoms with van der Waals surface area (Å²) in [6.45, 7) is 11.1. The van der Waals surface area contributed by atoms with Crippen LogP contribution in [0.25, 0.3) is 0 Å². The Kier molecular flexibility index (Phi) is 8.01. The van der Waals surface area contributed by atoms with Crippen LogP contribution in [0.2, 0.25) is 0 Å². The van der Waals surface area contributed by atoms with Gasteiger partial charge in [-0.15, -0.1) is 11.8 Å². The third-order valence-electron chi connectivity index (χ3n) is 7.88. The molecule has 2 unspecified atom stereocenters. The zero-order chi connectivity index (χ0) is 27.0. The van der Waals surface area contributed by atoms with Crippen molar-refractivity contribution in [3.05, 3.63) is 30.3 Å². The lowest BCUT2D eigenvalue weighted by atomic mass is 9.70. The molecule has 2 bridgehead atoms. The zero-order valence-corrected chi connectivity index (χ0v) is 23.7. The minimum atomic E-state index is -0.595. The number of anilines is 1. The van der Waals surface area contributed by atoms with Gasteiger partial charge in [-0.2, -0.15) is 0 Å². The smallest absolute Gasteiger partial charge is 0.244 e. The third-order valence-corrected chi connectivity index (χ3v) is 9.84. The molecule has 0 aromatic heterocycles. The van der Waals surface area contributed by atoms with Gasteiger partial charge in [0.25, 0.3) is 0 Å². The van der Waals surface area contributed by atoms with Gasteiger partial charge in [0.2, 0.25) is 17.7 Å². The van der Waals surface area contributed by atoms with E-state index in [1.165, 1.54) is 0 Å². The van der Waals surface area contributed by atoms with E-state index in [1.807, 2.05) is 44.2 Å². The number of para-hydroxylation sites is 1. The zero-order valence-electron chi connectivity index (χ0n) is 22.9. The van der Waals surface area contributed by atoms with E-state index in [1.54, 1.807) is 16.7 Å². The van der Waals surface area contributed by atoms with Crippen LogP contribution >= 0.6 is 11.8 Å². The van der Waals surface area contributed by atoms with Gasteiger partial charge in [0, 0.05) is 29.6 Å². The second-order valence-corrected chi connectivity index (χ2v) is 14.4. The van der Waals surface area contributed by atoms with Gasteiger partial charge >= 0.3 is 0 Å². The fourth-order valence-corrected chi connectivity index (χ4v) is 9.30. The van der Waals surface area contributed by atoms with Crippen LogP contribution in [0.1, 0.15) is 73.1 Å². The summed E-state index contributed by atoms with van der Waals surface area (Å²) in [4.78, 5) is 43.3. The Bertz CT molecular complexity index is 1010. The molecule has 1 spiro atoms. The predicted molar refractivity (Wildman–Crippen MR) is 148 cm³/mol. The molecule has 37 heavy (non-hydrogen) atoms. The van der Waals surface area contributed by atoms with Crippen molar-refractivity contribution in [1.29, 1.82) is 0 Å². The Balaban J connectivity index is 1.62. The van der Waals surface area contributed by atoms with Crippen molar-refractivity contribution in [1.82, 2.24) is 10.2 Å². The van der Waals surface area contributed by atoms with E-state index in [4.69, 9.17) is 0 Å². The molecule has 3 amide bonds. The average Bonchev–Trinajstić information content (AvgIpc) is 3.43. The van der Waals surface area contributed by atoms with E-state index in [0.29, 0.717) is 13.0 Å². The first-order valence-electron chi connectivity index (χ1n) is 13.7. The molecule has 3 aliphatic heterocycles. The van der Waals surface area contributed by atoms with Gasteiger partial charge in [-0.05, 0) is 69.9 Å². The first-order chi connectivity index (χ1) is 17.4. The number of hydrogen-bond acceptors (Lipinski definition) is 5. The largest absolute Gasteiger partial charge is 0.396 e. The Hall–Kier alpha value is -2.06. The Morgan fingerprint density at radius 2 is 1.78 bits per heavy atom. The topological polar surface area (TPSA) is 98.7 Å². The Labute approximate surface area is 225 Å². The van der Waals surface area contributed by atoms with E-state index in [-0.39, 0.29) is 35.0 Å². The second kappa shape index (κ2) is 10.6. The van der Waals surface area contributed by atoms with Crippen LogP contribution in [0.5, 0.6) is 0 Å². The molecular weight excluding hydrogens is 486 g/mol. The number of aliphatic hydroxyl groups excluding tert-OH is 1. The first-order valence-corrected chi connectivity index (χ1v) is 14.5. The van der Waals surface area contributed by atoms with Crippen molar-refractivity contribution in [2.45, 2.75) is 94.7 Å². The van der Waals surface area contributed by atoms with E-state index in [0.717, 1.165) is 37.8 Å². The lowest BCUT2D eigenvalue weighted by Crippen LogP contribution is -2.58. The summed E-state index contributed by atoms with van der Waals surface area (Å²) in [5.41, 5.74) is 0.328. The van der Waals surface area contributed by atoms with Gasteiger partial charge in [0.1, 0.15) is 6.04 Å². The summed E-state index contributed by atoms with van der Waals surface area (Å²) >= 11 is 1.70. The van der Waals surface area contributed by atoms with Crippen molar-refractivity contribution in [3.8, 4) is 0 Å². The van der Waals surface area contributed by atoms with Crippen molar-refractivity contribution >= 4 is 35.2 Å². The van der Waals surface area contributed by atoms with Gasteiger partial charge < -0.3 is 20.6 Å². The lowest BCUT2D eigenvalue weighted by Gasteiger charge is -2.38. The van der Waals surface area contributed by atoms with Gasteiger partial charge in [-0.1, -0.05) is 39.0 Å². The van der Waals surface area contributed by atoms with Crippen molar-refractivity contribution in [3.63, 3.8) is 0 Å². The molecule has 1 aromatic rings. The van der Waals surface area contributed by atoms with E-state index in [9.17, 15) is 19.5 Å². The summed E-state index contributed by atoms with van der Waals surface area (Å²) in [6, 6.07) is 8.76. The number of benzene rings is 1. The molecule has 0 aliphatic carbocycles. The van der Waals surface area contributed by atoms with Crippen LogP contribution in [-0.4, -0.2) is 62.5 Å². The van der Waals surface area contributed by atoms with E-state index >= 15 is 0 Å². The third kappa shape index (κ3) is 5.70. The minimum absolute atomic E-state index is 0.0343. The molecule has 204 valence electrons. The number of amides is 3. The van der Waals surface area contributed by atoms with Crippen LogP contribution in [0, 0.1) is 17.3 Å². The molecule has 5 atom stereocenters. The number of aliphatic hydroxyl groups is 1. The fraction of sp³-hybridized carbons (Fsp3) is 0.690. The van der Waals surface area contributed by atoms with E-state index < -0.39 is 28.2 Å². The number of unbranched alkanes of at least 4 members (excludes halogenated alkanes) is 2. The quantitative estimate of drug-likeness (QED) is 0.395. The van der Waals surface area contributed by atoms with Gasteiger partial charge in [0.15, 0.2) is 0 Å². The molecule has 7 nitrogen and oxygen atoms in total. The molecule has 3 fully saturated rings. The molecule has 3 saturated heterocycles. The highest BCUT2D eigenvalue weighted by Gasteiger charge is 2.73. The summed E-state index contributed by atoms with van der Waals surface area (Å²) < 4.78 is -0.584. The molecule has 4 rings (SSSR count). The number of carbonyl (C=O) groups is 3. The standard InChI is InChI=1S/C29H43N3O4S/c1-27(2,3)18-28(4,5)31-25(35)23-29-15-14-20(37-29)21(24(34)30-19-12-8-6-9-13-19)22(29)26(36)32(23)16-10-7-11-17-33/h6,8-9,12-13,20-23,33H,7,10-11,14-18H2,1-5H3,(H,30,34)(H,31,35)/t20-,21+,22-,23?,29?/m0/s1. The number of hydrogen-bond donors (Lipinski definition) is 3. The van der Waals surface area contributed by atoms with E-state index in [2.05, 4.69) is 31.4 Å². The highest BCUT2D eigenvalue weighted by molar-refractivity contribution is 8.02. The minimum Gasteiger partial charge on any atom is -0.396 e. The molecule has 3 aliphatic rings. The molecular formula is C29H43N3O4S. The molecule has 0 radical (unpaired) electrons. The maximum atomic E-state index is 14.0. The van der Waals surface area contributed by atoms with Crippen molar-refractivity contribution in [2.24, 2.45) is 17.3 Å². The number of nitrogens with one attached hydrogen (secondary N) is 2. The van der Waals surface area contributed by atoms with Crippen molar-refractivity contribution < 1.29 is 19.5 Å². The van der Waals surface area contributed by atoms with Gasteiger partial charge in [-0.25, -0.2) is 0 Å². The molecule has 3 N–H and O–H groups in total. The highest BCUT2D eigenvalue weighted by atomic mass is 32.2. The molecule has 8 heteroatoms. The van der Waals surface area contributed by atoms with Crippen LogP contribution < -0.4 is 10.6 Å².